The number of aromatic nitrogens is 3. The zero-order chi connectivity index (χ0) is 12.1. The van der Waals surface area contributed by atoms with Crippen molar-refractivity contribution in [3.05, 3.63) is 11.9 Å². The van der Waals surface area contributed by atoms with Gasteiger partial charge in [-0.05, 0) is 0 Å². The maximum atomic E-state index is 11.2. The van der Waals surface area contributed by atoms with Gasteiger partial charge >= 0.3 is 12.0 Å². The molecule has 0 bridgehead atoms. The van der Waals surface area contributed by atoms with Crippen molar-refractivity contribution in [2.45, 2.75) is 6.54 Å². The summed E-state index contributed by atoms with van der Waals surface area (Å²) < 4.78 is 1.02. The smallest absolute Gasteiger partial charge is 0.358 e. The number of hydrogen-bond donors (Lipinski definition) is 3. The first-order valence-corrected chi connectivity index (χ1v) is 4.18. The number of carboxylic acids is 1. The van der Waals surface area contributed by atoms with Gasteiger partial charge in [0.25, 0.3) is 0 Å². The first kappa shape index (κ1) is 11.6. The van der Waals surface area contributed by atoms with Crippen LogP contribution in [0.4, 0.5) is 4.79 Å². The van der Waals surface area contributed by atoms with Crippen LogP contribution in [0.25, 0.3) is 0 Å². The first-order valence-electron chi connectivity index (χ1n) is 4.18. The van der Waals surface area contributed by atoms with E-state index < -0.39 is 17.9 Å². The van der Waals surface area contributed by atoms with Gasteiger partial charge in [-0.15, -0.1) is 5.10 Å². The minimum Gasteiger partial charge on any atom is -0.476 e. The number of carbonyl (C=O) groups is 3. The molecule has 0 spiro atoms. The van der Waals surface area contributed by atoms with E-state index in [9.17, 15) is 14.4 Å². The number of rotatable bonds is 3. The largest absolute Gasteiger partial charge is 0.476 e. The van der Waals surface area contributed by atoms with Crippen molar-refractivity contribution in [2.75, 3.05) is 7.05 Å². The Balaban J connectivity index is 2.56. The molecule has 3 amide bonds. The molecule has 0 atom stereocenters. The number of aromatic carboxylic acids is 1. The fourth-order valence-electron chi connectivity index (χ4n) is 0.849. The summed E-state index contributed by atoms with van der Waals surface area (Å²) in [4.78, 5) is 32.3. The third kappa shape index (κ3) is 3.04. The van der Waals surface area contributed by atoms with Gasteiger partial charge in [-0.25, -0.2) is 14.3 Å². The Bertz CT molecular complexity index is 426. The summed E-state index contributed by atoms with van der Waals surface area (Å²) in [5.41, 5.74) is -0.271. The molecule has 0 fully saturated rings. The van der Waals surface area contributed by atoms with E-state index in [1.807, 2.05) is 5.32 Å². The summed E-state index contributed by atoms with van der Waals surface area (Å²) in [6.07, 6.45) is 1.09. The van der Waals surface area contributed by atoms with Gasteiger partial charge in [0.1, 0.15) is 6.54 Å². The molecule has 3 N–H and O–H groups in total. The molecule has 1 aromatic rings. The molecule has 9 nitrogen and oxygen atoms in total. The van der Waals surface area contributed by atoms with Gasteiger partial charge in [-0.1, -0.05) is 5.21 Å². The van der Waals surface area contributed by atoms with Crippen LogP contribution in [-0.4, -0.2) is 45.1 Å². The minimum atomic E-state index is -1.24. The molecule has 16 heavy (non-hydrogen) atoms. The van der Waals surface area contributed by atoms with Crippen LogP contribution in [0.1, 0.15) is 10.5 Å². The van der Waals surface area contributed by atoms with Gasteiger partial charge in [0, 0.05) is 7.05 Å². The minimum absolute atomic E-state index is 0.271. The molecular weight excluding hydrogens is 218 g/mol. The molecular formula is C7H9N5O4. The number of nitrogens with one attached hydrogen (secondary N) is 2. The van der Waals surface area contributed by atoms with Gasteiger partial charge in [0.15, 0.2) is 5.69 Å². The lowest BCUT2D eigenvalue weighted by Gasteiger charge is -2.01. The second-order valence-electron chi connectivity index (χ2n) is 2.73. The molecule has 0 unspecified atom stereocenters. The van der Waals surface area contributed by atoms with E-state index in [0.717, 1.165) is 10.9 Å². The van der Waals surface area contributed by atoms with Crippen LogP contribution in [0.3, 0.4) is 0 Å². The van der Waals surface area contributed by atoms with Crippen molar-refractivity contribution in [1.82, 2.24) is 25.6 Å². The highest BCUT2D eigenvalue weighted by Gasteiger charge is 2.11. The van der Waals surface area contributed by atoms with Gasteiger partial charge < -0.3 is 10.4 Å². The average molecular weight is 227 g/mol. The third-order valence-electron chi connectivity index (χ3n) is 1.54. The van der Waals surface area contributed by atoms with Gasteiger partial charge in [-0.3, -0.25) is 10.1 Å². The molecule has 0 aromatic carbocycles. The number of imide groups is 1. The molecule has 0 saturated heterocycles. The number of urea groups is 1. The van der Waals surface area contributed by atoms with E-state index in [4.69, 9.17) is 5.11 Å². The standard InChI is InChI=1S/C7H9N5O4/c1-8-7(16)9-5(13)3-12-2-4(6(14)15)10-11-12/h2H,3H2,1H3,(H,14,15)(H2,8,9,13,16). The molecule has 1 aromatic heterocycles. The quantitative estimate of drug-likeness (QED) is 0.572. The summed E-state index contributed by atoms with van der Waals surface area (Å²) in [6.45, 7) is -0.284. The van der Waals surface area contributed by atoms with Crippen LogP contribution in [0.5, 0.6) is 0 Å². The Hall–Kier alpha value is -2.45. The Labute approximate surface area is 89.4 Å². The topological polar surface area (TPSA) is 126 Å². The number of hydrogen-bond acceptors (Lipinski definition) is 5. The van der Waals surface area contributed by atoms with Crippen molar-refractivity contribution < 1.29 is 19.5 Å². The number of amides is 3. The fraction of sp³-hybridized carbons (Fsp3) is 0.286. The number of carboxylic acid groups (broad SMARTS) is 1. The van der Waals surface area contributed by atoms with Gasteiger partial charge in [-0.2, -0.15) is 0 Å². The molecule has 1 heterocycles. The molecule has 86 valence electrons. The molecule has 0 radical (unpaired) electrons. The molecule has 0 saturated carbocycles. The van der Waals surface area contributed by atoms with Crippen LogP contribution < -0.4 is 10.6 Å². The Morgan fingerprint density at radius 3 is 2.69 bits per heavy atom. The molecule has 9 heteroatoms. The molecule has 0 aliphatic heterocycles. The van der Waals surface area contributed by atoms with Crippen LogP contribution in [0, 0.1) is 0 Å². The van der Waals surface area contributed by atoms with Crippen molar-refractivity contribution in [3.8, 4) is 0 Å². The average Bonchev–Trinajstić information content (AvgIpc) is 2.65. The molecule has 0 aliphatic rings. The van der Waals surface area contributed by atoms with Crippen LogP contribution in [0.15, 0.2) is 6.20 Å². The second-order valence-corrected chi connectivity index (χ2v) is 2.73. The summed E-state index contributed by atoms with van der Waals surface area (Å²) in [5, 5.41) is 19.4. The van der Waals surface area contributed by atoms with Gasteiger partial charge in [0.05, 0.1) is 6.20 Å². The molecule has 1 rings (SSSR count). The van der Waals surface area contributed by atoms with Crippen LogP contribution >= 0.6 is 0 Å². The van der Waals surface area contributed by atoms with E-state index in [1.54, 1.807) is 0 Å². The highest BCUT2D eigenvalue weighted by Crippen LogP contribution is 1.92. The van der Waals surface area contributed by atoms with E-state index in [1.165, 1.54) is 7.05 Å². The summed E-state index contributed by atoms with van der Waals surface area (Å²) in [6, 6.07) is -0.649. The highest BCUT2D eigenvalue weighted by atomic mass is 16.4. The predicted molar refractivity (Wildman–Crippen MR) is 49.6 cm³/mol. The van der Waals surface area contributed by atoms with E-state index in [2.05, 4.69) is 15.6 Å². The van der Waals surface area contributed by atoms with Crippen LogP contribution in [-0.2, 0) is 11.3 Å². The van der Waals surface area contributed by atoms with Crippen molar-refractivity contribution in [2.24, 2.45) is 0 Å². The van der Waals surface area contributed by atoms with Gasteiger partial charge in [0.2, 0.25) is 5.91 Å². The fourth-order valence-corrected chi connectivity index (χ4v) is 0.849. The maximum Gasteiger partial charge on any atom is 0.358 e. The van der Waals surface area contributed by atoms with Crippen molar-refractivity contribution in [3.63, 3.8) is 0 Å². The normalized spacial score (nSPS) is 9.56. The zero-order valence-electron chi connectivity index (χ0n) is 8.30. The lowest BCUT2D eigenvalue weighted by Crippen LogP contribution is -2.39. The molecule has 0 aliphatic carbocycles. The van der Waals surface area contributed by atoms with Crippen LogP contribution in [0.2, 0.25) is 0 Å². The summed E-state index contributed by atoms with van der Waals surface area (Å²) in [5.74, 6) is -1.86. The SMILES string of the molecule is CNC(=O)NC(=O)Cn1cc(C(=O)O)nn1. The number of nitrogens with zero attached hydrogens (tertiary/aromatic N) is 3. The lowest BCUT2D eigenvalue weighted by molar-refractivity contribution is -0.120. The Morgan fingerprint density at radius 2 is 2.19 bits per heavy atom. The Morgan fingerprint density at radius 1 is 1.50 bits per heavy atom. The zero-order valence-corrected chi connectivity index (χ0v) is 8.30. The maximum absolute atomic E-state index is 11.2. The highest BCUT2D eigenvalue weighted by molar-refractivity contribution is 5.94. The van der Waals surface area contributed by atoms with E-state index in [-0.39, 0.29) is 12.2 Å². The van der Waals surface area contributed by atoms with E-state index >= 15 is 0 Å². The van der Waals surface area contributed by atoms with E-state index in [0.29, 0.717) is 0 Å². The first-order chi connectivity index (χ1) is 7.52. The number of carbonyl (C=O) groups excluding carboxylic acids is 2. The summed E-state index contributed by atoms with van der Waals surface area (Å²) >= 11 is 0. The summed E-state index contributed by atoms with van der Waals surface area (Å²) in [7, 11) is 1.36. The second kappa shape index (κ2) is 4.87. The van der Waals surface area contributed by atoms with Crippen molar-refractivity contribution >= 4 is 17.9 Å². The monoisotopic (exact) mass is 227 g/mol. The third-order valence-corrected chi connectivity index (χ3v) is 1.54. The Kier molecular flexibility index (Phi) is 3.53. The lowest BCUT2D eigenvalue weighted by atomic mass is 10.5. The van der Waals surface area contributed by atoms with Crippen molar-refractivity contribution in [1.29, 1.82) is 0 Å². The predicted octanol–water partition coefficient (Wildman–Crippen LogP) is -1.57.